The van der Waals surface area contributed by atoms with Crippen molar-refractivity contribution in [3.05, 3.63) is 0 Å². The molecule has 3 N–H and O–H groups in total. The Bertz CT molecular complexity index is 260. The standard InChI is InChI=1S/C14H29N3O/c1-4-14(3,15)13(18)16-10-12(2)11-17-8-6-5-7-9-17/h12H,4-11,15H2,1-3H3,(H,16,18). The lowest BCUT2D eigenvalue weighted by Crippen LogP contribution is -2.52. The van der Waals surface area contributed by atoms with Gasteiger partial charge >= 0.3 is 0 Å². The largest absolute Gasteiger partial charge is 0.354 e. The average Bonchev–Trinajstić information content (AvgIpc) is 2.37. The van der Waals surface area contributed by atoms with Crippen LogP contribution in [0.1, 0.15) is 46.5 Å². The number of nitrogens with two attached hydrogens (primary N) is 1. The van der Waals surface area contributed by atoms with Crippen LogP contribution in [0, 0.1) is 5.92 Å². The third-order valence-corrected chi connectivity index (χ3v) is 3.88. The molecule has 0 saturated carbocycles. The summed E-state index contributed by atoms with van der Waals surface area (Å²) in [7, 11) is 0. The summed E-state index contributed by atoms with van der Waals surface area (Å²) in [5, 5.41) is 2.97. The third kappa shape index (κ3) is 4.94. The second-order valence-electron chi connectivity index (χ2n) is 5.95. The van der Waals surface area contributed by atoms with Crippen molar-refractivity contribution in [2.75, 3.05) is 26.2 Å². The Morgan fingerprint density at radius 3 is 2.56 bits per heavy atom. The zero-order chi connectivity index (χ0) is 13.6. The summed E-state index contributed by atoms with van der Waals surface area (Å²) in [5.41, 5.74) is 5.18. The molecule has 1 aliphatic rings. The summed E-state index contributed by atoms with van der Waals surface area (Å²) in [6.45, 7) is 10.1. The van der Waals surface area contributed by atoms with E-state index < -0.39 is 5.54 Å². The highest BCUT2D eigenvalue weighted by atomic mass is 16.2. The summed E-state index contributed by atoms with van der Waals surface area (Å²) >= 11 is 0. The molecule has 106 valence electrons. The second kappa shape index (κ2) is 7.10. The monoisotopic (exact) mass is 255 g/mol. The number of nitrogens with one attached hydrogen (secondary N) is 1. The molecule has 0 radical (unpaired) electrons. The summed E-state index contributed by atoms with van der Waals surface area (Å²) in [5.74, 6) is 0.454. The maximum Gasteiger partial charge on any atom is 0.239 e. The van der Waals surface area contributed by atoms with Crippen LogP contribution >= 0.6 is 0 Å². The van der Waals surface area contributed by atoms with Crippen molar-refractivity contribution in [3.63, 3.8) is 0 Å². The Kier molecular flexibility index (Phi) is 6.09. The quantitative estimate of drug-likeness (QED) is 0.753. The van der Waals surface area contributed by atoms with Crippen LogP contribution in [0.15, 0.2) is 0 Å². The zero-order valence-electron chi connectivity index (χ0n) is 12.2. The van der Waals surface area contributed by atoms with Crippen molar-refractivity contribution in [2.24, 2.45) is 11.7 Å². The van der Waals surface area contributed by atoms with Gasteiger partial charge in [-0.1, -0.05) is 20.3 Å². The van der Waals surface area contributed by atoms with E-state index in [9.17, 15) is 4.79 Å². The maximum atomic E-state index is 11.8. The first-order valence-electron chi connectivity index (χ1n) is 7.25. The molecule has 1 rings (SSSR count). The fraction of sp³-hybridized carbons (Fsp3) is 0.929. The number of rotatable bonds is 6. The van der Waals surface area contributed by atoms with Crippen LogP contribution in [-0.4, -0.2) is 42.5 Å². The van der Waals surface area contributed by atoms with Crippen molar-refractivity contribution < 1.29 is 4.79 Å². The van der Waals surface area contributed by atoms with E-state index in [0.29, 0.717) is 12.3 Å². The van der Waals surface area contributed by atoms with Crippen molar-refractivity contribution in [3.8, 4) is 0 Å². The van der Waals surface area contributed by atoms with E-state index in [-0.39, 0.29) is 5.91 Å². The number of amides is 1. The predicted molar refractivity (Wildman–Crippen MR) is 75.3 cm³/mol. The number of likely N-dealkylation sites (tertiary alicyclic amines) is 1. The van der Waals surface area contributed by atoms with E-state index >= 15 is 0 Å². The number of hydrogen-bond acceptors (Lipinski definition) is 3. The highest BCUT2D eigenvalue weighted by Gasteiger charge is 2.26. The van der Waals surface area contributed by atoms with Crippen LogP contribution in [0.2, 0.25) is 0 Å². The summed E-state index contributed by atoms with van der Waals surface area (Å²) in [6.07, 6.45) is 4.66. The minimum atomic E-state index is -0.731. The smallest absolute Gasteiger partial charge is 0.239 e. The van der Waals surface area contributed by atoms with Gasteiger partial charge in [0.2, 0.25) is 5.91 Å². The van der Waals surface area contributed by atoms with Crippen LogP contribution in [0.4, 0.5) is 0 Å². The molecule has 0 aliphatic carbocycles. The molecular formula is C14H29N3O. The van der Waals surface area contributed by atoms with Gasteiger partial charge in [-0.25, -0.2) is 0 Å². The molecule has 0 aromatic carbocycles. The molecule has 1 fully saturated rings. The molecule has 0 spiro atoms. The normalized spacial score (nSPS) is 22.2. The van der Waals surface area contributed by atoms with Crippen molar-refractivity contribution in [1.82, 2.24) is 10.2 Å². The van der Waals surface area contributed by atoms with Gasteiger partial charge in [0.1, 0.15) is 0 Å². The molecular weight excluding hydrogens is 226 g/mol. The van der Waals surface area contributed by atoms with Crippen molar-refractivity contribution >= 4 is 5.91 Å². The molecule has 18 heavy (non-hydrogen) atoms. The van der Waals surface area contributed by atoms with Gasteiger partial charge in [-0.2, -0.15) is 0 Å². The lowest BCUT2D eigenvalue weighted by atomic mass is 9.99. The van der Waals surface area contributed by atoms with Gasteiger partial charge in [-0.05, 0) is 45.2 Å². The topological polar surface area (TPSA) is 58.4 Å². The van der Waals surface area contributed by atoms with E-state index in [4.69, 9.17) is 5.73 Å². The first-order chi connectivity index (χ1) is 8.45. The van der Waals surface area contributed by atoms with E-state index in [1.807, 2.05) is 6.92 Å². The van der Waals surface area contributed by atoms with Crippen LogP contribution in [0.5, 0.6) is 0 Å². The Labute approximate surface area is 111 Å². The number of carbonyl (C=O) groups is 1. The van der Waals surface area contributed by atoms with Crippen LogP contribution < -0.4 is 11.1 Å². The van der Waals surface area contributed by atoms with Gasteiger partial charge in [0.15, 0.2) is 0 Å². The van der Waals surface area contributed by atoms with Gasteiger partial charge in [-0.15, -0.1) is 0 Å². The molecule has 2 unspecified atom stereocenters. The number of piperidine rings is 1. The molecule has 4 nitrogen and oxygen atoms in total. The minimum Gasteiger partial charge on any atom is -0.354 e. The molecule has 2 atom stereocenters. The van der Waals surface area contributed by atoms with E-state index in [2.05, 4.69) is 17.1 Å². The zero-order valence-corrected chi connectivity index (χ0v) is 12.2. The average molecular weight is 255 g/mol. The lowest BCUT2D eigenvalue weighted by molar-refractivity contribution is -0.126. The highest BCUT2D eigenvalue weighted by molar-refractivity contribution is 5.85. The van der Waals surface area contributed by atoms with E-state index in [1.54, 1.807) is 6.92 Å². The van der Waals surface area contributed by atoms with Gasteiger partial charge in [-0.3, -0.25) is 4.79 Å². The van der Waals surface area contributed by atoms with Crippen molar-refractivity contribution in [1.29, 1.82) is 0 Å². The van der Waals surface area contributed by atoms with E-state index in [1.165, 1.54) is 32.4 Å². The first kappa shape index (κ1) is 15.4. The second-order valence-corrected chi connectivity index (χ2v) is 5.95. The minimum absolute atomic E-state index is 0.0319. The molecule has 1 aliphatic heterocycles. The Balaban J connectivity index is 2.23. The number of nitrogens with zero attached hydrogens (tertiary/aromatic N) is 1. The number of carbonyl (C=O) groups excluding carboxylic acids is 1. The Hall–Kier alpha value is -0.610. The molecule has 0 aromatic heterocycles. The first-order valence-corrected chi connectivity index (χ1v) is 7.25. The highest BCUT2D eigenvalue weighted by Crippen LogP contribution is 2.11. The lowest BCUT2D eigenvalue weighted by Gasteiger charge is -2.29. The Morgan fingerprint density at radius 2 is 2.00 bits per heavy atom. The predicted octanol–water partition coefficient (Wildman–Crippen LogP) is 1.35. The third-order valence-electron chi connectivity index (χ3n) is 3.88. The van der Waals surface area contributed by atoms with Gasteiger partial charge in [0.05, 0.1) is 5.54 Å². The maximum absolute atomic E-state index is 11.8. The van der Waals surface area contributed by atoms with Gasteiger partial charge < -0.3 is 16.0 Å². The number of hydrogen-bond donors (Lipinski definition) is 2. The molecule has 0 aromatic rings. The fourth-order valence-corrected chi connectivity index (χ4v) is 2.28. The SMILES string of the molecule is CCC(C)(N)C(=O)NCC(C)CN1CCCCC1. The molecule has 4 heteroatoms. The molecule has 1 heterocycles. The molecule has 1 saturated heterocycles. The Morgan fingerprint density at radius 1 is 1.39 bits per heavy atom. The van der Waals surface area contributed by atoms with Gasteiger partial charge in [0.25, 0.3) is 0 Å². The van der Waals surface area contributed by atoms with Crippen LogP contribution in [0.25, 0.3) is 0 Å². The summed E-state index contributed by atoms with van der Waals surface area (Å²) in [6, 6.07) is 0. The molecule has 0 bridgehead atoms. The summed E-state index contributed by atoms with van der Waals surface area (Å²) in [4.78, 5) is 14.3. The molecule has 1 amide bonds. The van der Waals surface area contributed by atoms with E-state index in [0.717, 1.165) is 13.1 Å². The van der Waals surface area contributed by atoms with Crippen LogP contribution in [0.3, 0.4) is 0 Å². The van der Waals surface area contributed by atoms with Crippen LogP contribution in [-0.2, 0) is 4.79 Å². The summed E-state index contributed by atoms with van der Waals surface area (Å²) < 4.78 is 0. The fourth-order valence-electron chi connectivity index (χ4n) is 2.28. The van der Waals surface area contributed by atoms with Crippen molar-refractivity contribution in [2.45, 2.75) is 52.0 Å². The van der Waals surface area contributed by atoms with Gasteiger partial charge in [0, 0.05) is 13.1 Å².